The van der Waals surface area contributed by atoms with Crippen LogP contribution in [0.15, 0.2) is 46.8 Å². The van der Waals surface area contributed by atoms with Crippen LogP contribution in [0.1, 0.15) is 24.3 Å². The first-order valence-corrected chi connectivity index (χ1v) is 8.39. The van der Waals surface area contributed by atoms with Gasteiger partial charge >= 0.3 is 0 Å². The predicted octanol–water partition coefficient (Wildman–Crippen LogP) is 4.51. The molecule has 0 aromatic heterocycles. The molecule has 0 fully saturated rings. The van der Waals surface area contributed by atoms with Crippen LogP contribution < -0.4 is 4.74 Å². The van der Waals surface area contributed by atoms with Crippen LogP contribution in [0.2, 0.25) is 0 Å². The summed E-state index contributed by atoms with van der Waals surface area (Å²) in [6.07, 6.45) is 3.28. The lowest BCUT2D eigenvalue weighted by molar-refractivity contribution is 0.224. The third-order valence-electron chi connectivity index (χ3n) is 3.39. The van der Waals surface area contributed by atoms with Gasteiger partial charge in [-0.15, -0.1) is 0 Å². The van der Waals surface area contributed by atoms with Crippen LogP contribution in [-0.4, -0.2) is 23.7 Å². The Kier molecular flexibility index (Phi) is 5.90. The summed E-state index contributed by atoms with van der Waals surface area (Å²) in [5.74, 6) is 2.16. The monoisotopic (exact) mass is 416 g/mol. The quantitative estimate of drug-likeness (QED) is 0.719. The van der Waals surface area contributed by atoms with Gasteiger partial charge in [-0.2, -0.15) is 0 Å². The fraction of sp³-hybridized carbons (Fsp3) is 0.375. The molecule has 0 radical (unpaired) electrons. The minimum absolute atomic E-state index is 0.0208. The van der Waals surface area contributed by atoms with Gasteiger partial charge in [0.2, 0.25) is 0 Å². The molecular weight excluding hydrogens is 400 g/mol. The standard InChI is InChI=1S/C16H18Br2O3/c1-10-5-13(18)7-14(20-2)6-11(9-19)15-8-12(17)3-4-16(15)21-10/h3-4,7-8,11,13,19H,1,5-6,9H2,2H3. The number of aliphatic hydroxyl groups excluding tert-OH is 1. The zero-order chi connectivity index (χ0) is 15.4. The smallest absolute Gasteiger partial charge is 0.130 e. The summed E-state index contributed by atoms with van der Waals surface area (Å²) in [4.78, 5) is 0.0938. The van der Waals surface area contributed by atoms with Gasteiger partial charge in [-0.1, -0.05) is 38.4 Å². The van der Waals surface area contributed by atoms with Gasteiger partial charge in [0.15, 0.2) is 0 Å². The van der Waals surface area contributed by atoms with Crippen LogP contribution in [0.4, 0.5) is 0 Å². The third-order valence-corrected chi connectivity index (χ3v) is 4.47. The third kappa shape index (κ3) is 4.34. The van der Waals surface area contributed by atoms with E-state index in [1.165, 1.54) is 0 Å². The van der Waals surface area contributed by atoms with Crippen molar-refractivity contribution in [1.82, 2.24) is 0 Å². The van der Waals surface area contributed by atoms with Crippen molar-refractivity contribution in [3.8, 4) is 5.75 Å². The van der Waals surface area contributed by atoms with Gasteiger partial charge < -0.3 is 14.6 Å². The fourth-order valence-corrected chi connectivity index (χ4v) is 3.38. The van der Waals surface area contributed by atoms with Gasteiger partial charge in [-0.25, -0.2) is 0 Å². The molecule has 0 saturated heterocycles. The molecule has 1 heterocycles. The molecule has 5 heteroatoms. The average molecular weight is 418 g/mol. The first-order valence-electron chi connectivity index (χ1n) is 6.68. The average Bonchev–Trinajstić information content (AvgIpc) is 2.44. The number of halogens is 2. The minimum atomic E-state index is -0.0886. The lowest BCUT2D eigenvalue weighted by Gasteiger charge is -2.23. The number of hydrogen-bond acceptors (Lipinski definition) is 3. The number of fused-ring (bicyclic) bond motifs is 1. The van der Waals surface area contributed by atoms with Crippen molar-refractivity contribution >= 4 is 31.9 Å². The molecule has 0 spiro atoms. The maximum atomic E-state index is 9.76. The van der Waals surface area contributed by atoms with E-state index in [0.717, 1.165) is 21.5 Å². The molecule has 2 rings (SSSR count). The number of aliphatic hydroxyl groups is 1. The van der Waals surface area contributed by atoms with Gasteiger partial charge in [0.05, 0.1) is 25.2 Å². The van der Waals surface area contributed by atoms with E-state index in [4.69, 9.17) is 9.47 Å². The predicted molar refractivity (Wildman–Crippen MR) is 90.8 cm³/mol. The fourth-order valence-electron chi connectivity index (χ4n) is 2.34. The molecule has 1 aromatic carbocycles. The van der Waals surface area contributed by atoms with E-state index in [1.54, 1.807) is 7.11 Å². The number of benzene rings is 1. The summed E-state index contributed by atoms with van der Waals surface area (Å²) in [6.45, 7) is 3.99. The topological polar surface area (TPSA) is 38.7 Å². The maximum Gasteiger partial charge on any atom is 0.130 e. The first-order chi connectivity index (χ1) is 10.0. The highest BCUT2D eigenvalue weighted by molar-refractivity contribution is 9.10. The second-order valence-corrected chi connectivity index (χ2v) is 7.06. The molecule has 0 amide bonds. The van der Waals surface area contributed by atoms with Crippen molar-refractivity contribution in [1.29, 1.82) is 0 Å². The number of alkyl halides is 1. The zero-order valence-corrected chi connectivity index (χ0v) is 15.0. The second-order valence-electron chi connectivity index (χ2n) is 4.96. The number of ether oxygens (including phenoxy) is 2. The molecule has 2 unspecified atom stereocenters. The van der Waals surface area contributed by atoms with Gasteiger partial charge in [-0.05, 0) is 24.3 Å². The molecule has 1 aliphatic rings. The number of methoxy groups -OCH3 is 1. The van der Waals surface area contributed by atoms with Crippen molar-refractivity contribution < 1.29 is 14.6 Å². The Labute approximate surface area is 141 Å². The maximum absolute atomic E-state index is 9.76. The Hall–Kier alpha value is -0.780. The lowest BCUT2D eigenvalue weighted by Crippen LogP contribution is -2.13. The summed E-state index contributed by atoms with van der Waals surface area (Å²) < 4.78 is 12.3. The Balaban J connectivity index is 2.47. The van der Waals surface area contributed by atoms with Crippen LogP contribution in [0, 0.1) is 0 Å². The molecule has 0 saturated carbocycles. The van der Waals surface area contributed by atoms with E-state index >= 15 is 0 Å². The van der Waals surface area contributed by atoms with Crippen LogP contribution in [-0.2, 0) is 4.74 Å². The molecule has 1 aliphatic heterocycles. The molecule has 3 nitrogen and oxygen atoms in total. The lowest BCUT2D eigenvalue weighted by atomic mass is 9.94. The molecule has 21 heavy (non-hydrogen) atoms. The van der Waals surface area contributed by atoms with Gasteiger partial charge in [0.1, 0.15) is 5.75 Å². The van der Waals surface area contributed by atoms with Gasteiger partial charge in [-0.3, -0.25) is 0 Å². The Morgan fingerprint density at radius 1 is 1.43 bits per heavy atom. The number of hydrogen-bond donors (Lipinski definition) is 1. The molecule has 1 N–H and O–H groups in total. The highest BCUT2D eigenvalue weighted by atomic mass is 79.9. The number of rotatable bonds is 2. The van der Waals surface area contributed by atoms with Crippen LogP contribution >= 0.6 is 31.9 Å². The minimum Gasteiger partial charge on any atom is -0.501 e. The largest absolute Gasteiger partial charge is 0.501 e. The van der Waals surface area contributed by atoms with E-state index in [9.17, 15) is 5.11 Å². The van der Waals surface area contributed by atoms with Gasteiger partial charge in [0, 0.05) is 33.6 Å². The van der Waals surface area contributed by atoms with E-state index in [0.29, 0.717) is 18.6 Å². The first kappa shape index (κ1) is 16.6. The Morgan fingerprint density at radius 2 is 2.19 bits per heavy atom. The van der Waals surface area contributed by atoms with Crippen LogP contribution in [0.3, 0.4) is 0 Å². The summed E-state index contributed by atoms with van der Waals surface area (Å²) in [5.41, 5.74) is 0.948. The van der Waals surface area contributed by atoms with Crippen molar-refractivity contribution in [2.75, 3.05) is 13.7 Å². The normalized spacial score (nSPS) is 22.9. The Morgan fingerprint density at radius 3 is 2.86 bits per heavy atom. The highest BCUT2D eigenvalue weighted by Crippen LogP contribution is 2.36. The molecule has 0 bridgehead atoms. The molecule has 0 aliphatic carbocycles. The van der Waals surface area contributed by atoms with Crippen molar-refractivity contribution in [2.45, 2.75) is 23.6 Å². The number of allylic oxidation sites excluding steroid dienone is 3. The van der Waals surface area contributed by atoms with Crippen molar-refractivity contribution in [3.63, 3.8) is 0 Å². The van der Waals surface area contributed by atoms with Gasteiger partial charge in [0.25, 0.3) is 0 Å². The van der Waals surface area contributed by atoms with Crippen LogP contribution in [0.5, 0.6) is 5.75 Å². The molecule has 114 valence electrons. The summed E-state index contributed by atoms with van der Waals surface area (Å²) >= 11 is 7.05. The second kappa shape index (κ2) is 7.47. The zero-order valence-electron chi connectivity index (χ0n) is 11.8. The summed E-state index contributed by atoms with van der Waals surface area (Å²) in [5, 5.41) is 9.76. The summed E-state index contributed by atoms with van der Waals surface area (Å²) in [7, 11) is 1.65. The molecule has 2 atom stereocenters. The molecule has 1 aromatic rings. The summed E-state index contributed by atoms with van der Waals surface area (Å²) in [6, 6.07) is 5.79. The van der Waals surface area contributed by atoms with E-state index < -0.39 is 0 Å². The Bertz CT molecular complexity index is 554. The van der Waals surface area contributed by atoms with Crippen LogP contribution in [0.25, 0.3) is 0 Å². The van der Waals surface area contributed by atoms with E-state index in [1.807, 2.05) is 24.3 Å². The van der Waals surface area contributed by atoms with E-state index in [2.05, 4.69) is 38.4 Å². The van der Waals surface area contributed by atoms with E-state index in [-0.39, 0.29) is 17.4 Å². The van der Waals surface area contributed by atoms with Crippen molar-refractivity contribution in [3.05, 3.63) is 52.4 Å². The SMILES string of the molecule is C=C1CC(Br)C=C(OC)CC(CO)c2cc(Br)ccc2O1. The highest BCUT2D eigenvalue weighted by Gasteiger charge is 2.21. The van der Waals surface area contributed by atoms with Crippen molar-refractivity contribution in [2.24, 2.45) is 0 Å². The molecular formula is C16H18Br2O3.